The Morgan fingerprint density at radius 1 is 1.05 bits per heavy atom. The second-order valence-electron chi connectivity index (χ2n) is 5.05. The van der Waals surface area contributed by atoms with Crippen molar-refractivity contribution in [2.75, 3.05) is 6.54 Å². The topological polar surface area (TPSA) is 61.2 Å². The van der Waals surface area contributed by atoms with Gasteiger partial charge < -0.3 is 0 Å². The van der Waals surface area contributed by atoms with E-state index < -0.39 is 10.0 Å². The molecule has 0 bridgehead atoms. The van der Waals surface area contributed by atoms with Crippen LogP contribution in [0.4, 0.5) is 0 Å². The van der Waals surface area contributed by atoms with Gasteiger partial charge in [0, 0.05) is 19.5 Å². The third kappa shape index (κ3) is 3.94. The highest BCUT2D eigenvalue weighted by atomic mass is 32.2. The van der Waals surface area contributed by atoms with E-state index >= 15 is 0 Å². The quantitative estimate of drug-likeness (QED) is 0.823. The summed E-state index contributed by atoms with van der Waals surface area (Å²) in [7, 11) is -3.61. The molecule has 0 heterocycles. The molecular weight excluding hydrogens is 296 g/mol. The Morgan fingerprint density at radius 2 is 1.68 bits per heavy atom. The summed E-state index contributed by atoms with van der Waals surface area (Å²) in [5.41, 5.74) is 1.90. The van der Waals surface area contributed by atoms with Crippen molar-refractivity contribution in [1.82, 2.24) is 4.31 Å². The maximum absolute atomic E-state index is 12.8. The SMILES string of the molecule is Cc1ccc(S(=O)(=O)N(CCC#N)Cc2ccccc2)cc1. The molecule has 114 valence electrons. The Kier molecular flexibility index (Phi) is 5.31. The van der Waals surface area contributed by atoms with Crippen molar-refractivity contribution in [3.05, 3.63) is 65.7 Å². The van der Waals surface area contributed by atoms with E-state index in [1.165, 1.54) is 4.31 Å². The van der Waals surface area contributed by atoms with Crippen molar-refractivity contribution in [1.29, 1.82) is 5.26 Å². The fourth-order valence-electron chi connectivity index (χ4n) is 2.11. The highest BCUT2D eigenvalue weighted by molar-refractivity contribution is 7.89. The summed E-state index contributed by atoms with van der Waals surface area (Å²) in [6.07, 6.45) is 0.165. The lowest BCUT2D eigenvalue weighted by molar-refractivity contribution is 0.413. The average Bonchev–Trinajstić information content (AvgIpc) is 2.52. The van der Waals surface area contributed by atoms with Crippen LogP contribution in [0.15, 0.2) is 59.5 Å². The summed E-state index contributed by atoms with van der Waals surface area (Å²) in [5.74, 6) is 0. The summed E-state index contributed by atoms with van der Waals surface area (Å²) in [6.45, 7) is 2.36. The number of aryl methyl sites for hydroxylation is 1. The molecule has 0 spiro atoms. The van der Waals surface area contributed by atoms with Gasteiger partial charge in [-0.2, -0.15) is 9.57 Å². The first-order valence-electron chi connectivity index (χ1n) is 7.02. The predicted molar refractivity (Wildman–Crippen MR) is 85.4 cm³/mol. The van der Waals surface area contributed by atoms with E-state index in [1.807, 2.05) is 43.3 Å². The second kappa shape index (κ2) is 7.21. The highest BCUT2D eigenvalue weighted by Crippen LogP contribution is 2.19. The summed E-state index contributed by atoms with van der Waals surface area (Å²) in [5, 5.41) is 8.78. The lowest BCUT2D eigenvalue weighted by Gasteiger charge is -2.21. The molecule has 0 aliphatic rings. The molecule has 4 nitrogen and oxygen atoms in total. The monoisotopic (exact) mass is 314 g/mol. The first kappa shape index (κ1) is 16.2. The van der Waals surface area contributed by atoms with Crippen molar-refractivity contribution < 1.29 is 8.42 Å². The van der Waals surface area contributed by atoms with Crippen LogP contribution in [0.2, 0.25) is 0 Å². The van der Waals surface area contributed by atoms with Crippen LogP contribution >= 0.6 is 0 Å². The minimum atomic E-state index is -3.61. The fourth-order valence-corrected chi connectivity index (χ4v) is 3.53. The lowest BCUT2D eigenvalue weighted by Crippen LogP contribution is -2.31. The zero-order chi connectivity index (χ0) is 16.0. The Bertz CT molecular complexity index is 747. The van der Waals surface area contributed by atoms with Gasteiger partial charge in [0.15, 0.2) is 0 Å². The molecule has 2 aromatic rings. The zero-order valence-electron chi connectivity index (χ0n) is 12.4. The van der Waals surface area contributed by atoms with Crippen molar-refractivity contribution in [2.24, 2.45) is 0 Å². The summed E-state index contributed by atoms with van der Waals surface area (Å²) in [4.78, 5) is 0.256. The molecule has 5 heteroatoms. The molecule has 0 radical (unpaired) electrons. The predicted octanol–water partition coefficient (Wildman–Crippen LogP) is 3.10. The van der Waals surface area contributed by atoms with E-state index in [9.17, 15) is 8.42 Å². The maximum atomic E-state index is 12.8. The minimum absolute atomic E-state index is 0.165. The van der Waals surface area contributed by atoms with Gasteiger partial charge in [0.25, 0.3) is 0 Å². The lowest BCUT2D eigenvalue weighted by atomic mass is 10.2. The molecule has 0 N–H and O–H groups in total. The molecule has 0 aliphatic carbocycles. The Morgan fingerprint density at radius 3 is 2.27 bits per heavy atom. The van der Waals surface area contributed by atoms with Crippen LogP contribution in [0, 0.1) is 18.3 Å². The molecule has 0 saturated carbocycles. The van der Waals surface area contributed by atoms with Crippen LogP contribution in [0.25, 0.3) is 0 Å². The normalized spacial score (nSPS) is 11.3. The Balaban J connectivity index is 2.31. The smallest absolute Gasteiger partial charge is 0.207 e. The van der Waals surface area contributed by atoms with Crippen molar-refractivity contribution >= 4 is 10.0 Å². The molecule has 0 aromatic heterocycles. The molecule has 0 unspecified atom stereocenters. The molecule has 2 aromatic carbocycles. The van der Waals surface area contributed by atoms with Crippen LogP contribution in [-0.2, 0) is 16.6 Å². The first-order chi connectivity index (χ1) is 10.5. The van der Waals surface area contributed by atoms with Crippen LogP contribution in [0.1, 0.15) is 17.5 Å². The molecule has 0 saturated heterocycles. The van der Waals surface area contributed by atoms with Crippen molar-refractivity contribution in [3.8, 4) is 6.07 Å². The Hall–Kier alpha value is -2.16. The number of hydrogen-bond donors (Lipinski definition) is 0. The number of hydrogen-bond acceptors (Lipinski definition) is 3. The number of nitrogens with zero attached hydrogens (tertiary/aromatic N) is 2. The molecule has 0 fully saturated rings. The van der Waals surface area contributed by atoms with E-state index in [-0.39, 0.29) is 24.4 Å². The van der Waals surface area contributed by atoms with Gasteiger partial charge in [-0.15, -0.1) is 0 Å². The number of nitriles is 1. The van der Waals surface area contributed by atoms with E-state index in [0.717, 1.165) is 11.1 Å². The fraction of sp³-hybridized carbons (Fsp3) is 0.235. The average molecular weight is 314 g/mol. The van der Waals surface area contributed by atoms with Gasteiger partial charge in [-0.1, -0.05) is 48.0 Å². The van der Waals surface area contributed by atoms with Gasteiger partial charge in [0.2, 0.25) is 10.0 Å². The van der Waals surface area contributed by atoms with Gasteiger partial charge in [0.1, 0.15) is 0 Å². The van der Waals surface area contributed by atoms with Gasteiger partial charge in [0.05, 0.1) is 11.0 Å². The van der Waals surface area contributed by atoms with Gasteiger partial charge in [-0.3, -0.25) is 0 Å². The molecular formula is C17H18N2O2S. The summed E-state index contributed by atoms with van der Waals surface area (Å²) < 4.78 is 26.9. The van der Waals surface area contributed by atoms with Gasteiger partial charge in [-0.25, -0.2) is 8.42 Å². The van der Waals surface area contributed by atoms with Gasteiger partial charge >= 0.3 is 0 Å². The maximum Gasteiger partial charge on any atom is 0.243 e. The number of benzene rings is 2. The highest BCUT2D eigenvalue weighted by Gasteiger charge is 2.24. The molecule has 0 amide bonds. The standard InChI is InChI=1S/C17H18N2O2S/c1-15-8-10-17(11-9-15)22(20,21)19(13-5-12-18)14-16-6-3-2-4-7-16/h2-4,6-11H,5,13-14H2,1H3. The second-order valence-corrected chi connectivity index (χ2v) is 6.98. The minimum Gasteiger partial charge on any atom is -0.207 e. The van der Waals surface area contributed by atoms with E-state index in [0.29, 0.717) is 0 Å². The molecule has 22 heavy (non-hydrogen) atoms. The van der Waals surface area contributed by atoms with Crippen molar-refractivity contribution in [2.45, 2.75) is 24.8 Å². The zero-order valence-corrected chi connectivity index (χ0v) is 13.3. The van der Waals surface area contributed by atoms with Crippen LogP contribution < -0.4 is 0 Å². The van der Waals surface area contributed by atoms with Crippen molar-refractivity contribution in [3.63, 3.8) is 0 Å². The largest absolute Gasteiger partial charge is 0.243 e. The van der Waals surface area contributed by atoms with Crippen LogP contribution in [0.5, 0.6) is 0 Å². The van der Waals surface area contributed by atoms with Crippen LogP contribution in [-0.4, -0.2) is 19.3 Å². The van der Waals surface area contributed by atoms with E-state index in [1.54, 1.807) is 24.3 Å². The number of rotatable bonds is 6. The molecule has 0 atom stereocenters. The Labute approximate surface area is 131 Å². The molecule has 2 rings (SSSR count). The summed E-state index contributed by atoms with van der Waals surface area (Å²) >= 11 is 0. The van der Waals surface area contributed by atoms with E-state index in [2.05, 4.69) is 0 Å². The van der Waals surface area contributed by atoms with Crippen LogP contribution in [0.3, 0.4) is 0 Å². The van der Waals surface area contributed by atoms with Gasteiger partial charge in [-0.05, 0) is 24.6 Å². The third-order valence-electron chi connectivity index (χ3n) is 3.33. The van der Waals surface area contributed by atoms with E-state index in [4.69, 9.17) is 5.26 Å². The summed E-state index contributed by atoms with van der Waals surface area (Å²) in [6, 6.07) is 18.2. The first-order valence-corrected chi connectivity index (χ1v) is 8.46. The third-order valence-corrected chi connectivity index (χ3v) is 5.19. The molecule has 0 aliphatic heterocycles. The number of sulfonamides is 1.